The van der Waals surface area contributed by atoms with Gasteiger partial charge < -0.3 is 19.1 Å². The van der Waals surface area contributed by atoms with Crippen molar-refractivity contribution in [2.45, 2.75) is 24.9 Å². The number of amides is 1. The Labute approximate surface area is 223 Å². The van der Waals surface area contributed by atoms with Crippen molar-refractivity contribution in [1.29, 1.82) is 0 Å². The van der Waals surface area contributed by atoms with E-state index in [0.29, 0.717) is 22.3 Å². The fraction of sp³-hybridized carbons (Fsp3) is 0.296. The van der Waals surface area contributed by atoms with Crippen molar-refractivity contribution in [1.82, 2.24) is 9.21 Å². The van der Waals surface area contributed by atoms with Gasteiger partial charge in [-0.15, -0.1) is 0 Å². The number of benzene rings is 3. The number of rotatable bonds is 11. The highest BCUT2D eigenvalue weighted by molar-refractivity contribution is 7.89. The number of likely N-dealkylation sites (N-methyl/N-ethyl adjacent to an activating group) is 1. The number of hydrogen-bond donors (Lipinski definition) is 0. The third kappa shape index (κ3) is 6.94. The fourth-order valence-corrected chi connectivity index (χ4v) is 5.36. The Bertz CT molecular complexity index is 1320. The van der Waals surface area contributed by atoms with Crippen LogP contribution in [0.1, 0.15) is 16.7 Å². The van der Waals surface area contributed by atoms with Crippen LogP contribution in [0.15, 0.2) is 65.6 Å². The molecule has 0 spiro atoms. The van der Waals surface area contributed by atoms with Gasteiger partial charge in [0.25, 0.3) is 0 Å². The smallest absolute Gasteiger partial charge is 0.243 e. The van der Waals surface area contributed by atoms with Gasteiger partial charge in [-0.25, -0.2) is 8.42 Å². The zero-order valence-electron chi connectivity index (χ0n) is 21.5. The van der Waals surface area contributed by atoms with E-state index in [0.717, 1.165) is 16.7 Å². The van der Waals surface area contributed by atoms with E-state index in [1.54, 1.807) is 19.2 Å². The standard InChI is InChI=1S/C27H31ClN2O6S/c1-19-7-6-8-20(13-19)17-30(37(32,33)23-11-9-22(28)10-12-23)18-26(31)29(2)16-21-14-24(34-3)27(36-5)25(15-21)35-4/h6-15H,16-18H2,1-5H3. The molecule has 3 rings (SSSR count). The number of aryl methyl sites for hydroxylation is 1. The number of hydrogen-bond acceptors (Lipinski definition) is 6. The number of ether oxygens (including phenoxy) is 3. The number of sulfonamides is 1. The van der Waals surface area contributed by atoms with Crippen molar-refractivity contribution in [3.05, 3.63) is 82.4 Å². The van der Waals surface area contributed by atoms with Gasteiger partial charge in [0.05, 0.1) is 32.8 Å². The summed E-state index contributed by atoms with van der Waals surface area (Å²) in [7, 11) is 2.17. The third-order valence-corrected chi connectivity index (χ3v) is 7.83. The van der Waals surface area contributed by atoms with Crippen LogP contribution in [0.3, 0.4) is 0 Å². The molecular weight excluding hydrogens is 516 g/mol. The Hall–Kier alpha value is -3.27. The molecule has 198 valence electrons. The van der Waals surface area contributed by atoms with Gasteiger partial charge in [-0.3, -0.25) is 4.79 Å². The molecule has 1 amide bonds. The third-order valence-electron chi connectivity index (χ3n) is 5.77. The highest BCUT2D eigenvalue weighted by Crippen LogP contribution is 2.38. The van der Waals surface area contributed by atoms with Gasteiger partial charge in [-0.2, -0.15) is 4.31 Å². The second-order valence-corrected chi connectivity index (χ2v) is 10.9. The number of halogens is 1. The normalized spacial score (nSPS) is 11.3. The minimum atomic E-state index is -3.99. The summed E-state index contributed by atoms with van der Waals surface area (Å²) in [6.45, 7) is 1.82. The second-order valence-electron chi connectivity index (χ2n) is 8.50. The van der Waals surface area contributed by atoms with Gasteiger partial charge in [0.2, 0.25) is 21.7 Å². The summed E-state index contributed by atoms with van der Waals surface area (Å²) >= 11 is 5.96. The monoisotopic (exact) mass is 546 g/mol. The zero-order chi connectivity index (χ0) is 27.2. The number of nitrogens with zero attached hydrogens (tertiary/aromatic N) is 2. The van der Waals surface area contributed by atoms with Crippen molar-refractivity contribution in [3.8, 4) is 17.2 Å². The highest BCUT2D eigenvalue weighted by Gasteiger charge is 2.28. The summed E-state index contributed by atoms with van der Waals surface area (Å²) in [6, 6.07) is 16.9. The first-order valence-electron chi connectivity index (χ1n) is 11.4. The van der Waals surface area contributed by atoms with Crippen molar-refractivity contribution < 1.29 is 27.4 Å². The lowest BCUT2D eigenvalue weighted by Crippen LogP contribution is -2.41. The average molecular weight is 547 g/mol. The molecule has 0 aliphatic carbocycles. The average Bonchev–Trinajstić information content (AvgIpc) is 2.87. The lowest BCUT2D eigenvalue weighted by atomic mass is 10.1. The van der Waals surface area contributed by atoms with E-state index in [1.807, 2.05) is 31.2 Å². The van der Waals surface area contributed by atoms with Crippen LogP contribution >= 0.6 is 11.6 Å². The number of carbonyl (C=O) groups is 1. The summed E-state index contributed by atoms with van der Waals surface area (Å²) in [6.07, 6.45) is 0. The Morgan fingerprint density at radius 3 is 2.03 bits per heavy atom. The largest absolute Gasteiger partial charge is 0.493 e. The van der Waals surface area contributed by atoms with Crippen molar-refractivity contribution in [3.63, 3.8) is 0 Å². The first-order chi connectivity index (χ1) is 17.6. The van der Waals surface area contributed by atoms with Crippen LogP contribution in [0.5, 0.6) is 17.2 Å². The predicted molar refractivity (Wildman–Crippen MR) is 143 cm³/mol. The summed E-state index contributed by atoms with van der Waals surface area (Å²) in [5.74, 6) is 0.994. The minimum absolute atomic E-state index is 0.0381. The van der Waals surface area contributed by atoms with E-state index in [4.69, 9.17) is 25.8 Å². The van der Waals surface area contributed by atoms with E-state index in [9.17, 15) is 13.2 Å². The van der Waals surface area contributed by atoms with Crippen LogP contribution in [0.2, 0.25) is 5.02 Å². The number of methoxy groups -OCH3 is 3. The summed E-state index contributed by atoms with van der Waals surface area (Å²) in [5.41, 5.74) is 2.50. The number of carbonyl (C=O) groups excluding carboxylic acids is 1. The summed E-state index contributed by atoms with van der Waals surface area (Å²) in [4.78, 5) is 14.8. The van der Waals surface area contributed by atoms with Gasteiger partial charge in [-0.1, -0.05) is 41.4 Å². The van der Waals surface area contributed by atoms with E-state index in [2.05, 4.69) is 0 Å². The first kappa shape index (κ1) is 28.3. The molecule has 0 atom stereocenters. The molecule has 8 nitrogen and oxygen atoms in total. The highest BCUT2D eigenvalue weighted by atomic mass is 35.5. The van der Waals surface area contributed by atoms with E-state index in [-0.39, 0.29) is 30.4 Å². The molecular formula is C27H31ClN2O6S. The first-order valence-corrected chi connectivity index (χ1v) is 13.2. The Morgan fingerprint density at radius 1 is 0.865 bits per heavy atom. The van der Waals surface area contributed by atoms with Gasteiger partial charge in [0.1, 0.15) is 0 Å². The van der Waals surface area contributed by atoms with Crippen LogP contribution in [-0.4, -0.2) is 58.5 Å². The molecule has 0 N–H and O–H groups in total. The predicted octanol–water partition coefficient (Wildman–Crippen LogP) is 4.52. The molecule has 0 aliphatic rings. The maximum absolute atomic E-state index is 13.6. The molecule has 0 saturated carbocycles. The molecule has 0 fully saturated rings. The molecule has 0 unspecified atom stereocenters. The van der Waals surface area contributed by atoms with Crippen LogP contribution in [-0.2, 0) is 27.9 Å². The molecule has 10 heteroatoms. The fourth-order valence-electron chi connectivity index (χ4n) is 3.86. The van der Waals surface area contributed by atoms with E-state index in [1.165, 1.54) is 54.8 Å². The van der Waals surface area contributed by atoms with Crippen LogP contribution in [0, 0.1) is 6.92 Å². The van der Waals surface area contributed by atoms with Crippen molar-refractivity contribution in [2.75, 3.05) is 34.9 Å². The molecule has 0 radical (unpaired) electrons. The van der Waals surface area contributed by atoms with Gasteiger partial charge in [0.15, 0.2) is 11.5 Å². The molecule has 3 aromatic rings. The Kier molecular flexibility index (Phi) is 9.42. The molecule has 0 aromatic heterocycles. The zero-order valence-corrected chi connectivity index (χ0v) is 23.1. The Balaban J connectivity index is 1.88. The second kappa shape index (κ2) is 12.3. The molecule has 0 heterocycles. The lowest BCUT2D eigenvalue weighted by Gasteiger charge is -2.25. The van der Waals surface area contributed by atoms with Crippen LogP contribution < -0.4 is 14.2 Å². The van der Waals surface area contributed by atoms with E-state index >= 15 is 0 Å². The van der Waals surface area contributed by atoms with Gasteiger partial charge in [0, 0.05) is 25.2 Å². The molecule has 0 saturated heterocycles. The van der Waals surface area contributed by atoms with Gasteiger partial charge >= 0.3 is 0 Å². The van der Waals surface area contributed by atoms with Crippen molar-refractivity contribution in [2.24, 2.45) is 0 Å². The quantitative estimate of drug-likeness (QED) is 0.351. The van der Waals surface area contributed by atoms with Crippen LogP contribution in [0.4, 0.5) is 0 Å². The molecule has 0 aliphatic heterocycles. The SMILES string of the molecule is COc1cc(CN(C)C(=O)CN(Cc2cccc(C)c2)S(=O)(=O)c2ccc(Cl)cc2)cc(OC)c1OC. The van der Waals surface area contributed by atoms with Crippen LogP contribution in [0.25, 0.3) is 0 Å². The molecule has 37 heavy (non-hydrogen) atoms. The molecule has 0 bridgehead atoms. The Morgan fingerprint density at radius 2 is 1.49 bits per heavy atom. The summed E-state index contributed by atoms with van der Waals surface area (Å²) < 4.78 is 44.4. The van der Waals surface area contributed by atoms with Crippen molar-refractivity contribution >= 4 is 27.5 Å². The molecule has 3 aromatic carbocycles. The topological polar surface area (TPSA) is 85.4 Å². The maximum atomic E-state index is 13.6. The van der Waals surface area contributed by atoms with E-state index < -0.39 is 10.0 Å². The lowest BCUT2D eigenvalue weighted by molar-refractivity contribution is -0.130. The maximum Gasteiger partial charge on any atom is 0.243 e. The summed E-state index contributed by atoms with van der Waals surface area (Å²) in [5, 5.41) is 0.422. The minimum Gasteiger partial charge on any atom is -0.493 e. The van der Waals surface area contributed by atoms with Gasteiger partial charge in [-0.05, 0) is 54.4 Å².